The second-order valence-corrected chi connectivity index (χ2v) is 7.99. The fraction of sp³-hybridized carbons (Fsp3) is 0.200. The number of carbonyl (C=O) groups excluding carboxylic acids is 2. The van der Waals surface area contributed by atoms with Crippen LogP contribution in [0.15, 0.2) is 65.1 Å². The highest BCUT2D eigenvalue weighted by molar-refractivity contribution is 6.07. The average Bonchev–Trinajstić information content (AvgIpc) is 3.30. The van der Waals surface area contributed by atoms with Crippen LogP contribution in [0, 0.1) is 19.8 Å². The first-order chi connectivity index (χ1) is 14.5. The number of hydrogen-bond acceptors (Lipinski definition) is 3. The Hall–Kier alpha value is -3.60. The number of para-hydroxylation sites is 1. The zero-order valence-corrected chi connectivity index (χ0v) is 16.9. The SMILES string of the molecule is Cc1ccc(C)c(N2CC(C(=O)Nc3ccc4c(c3)oc3ccccc34)CC2=O)c1. The highest BCUT2D eigenvalue weighted by Gasteiger charge is 2.35. The third-order valence-corrected chi connectivity index (χ3v) is 5.80. The lowest BCUT2D eigenvalue weighted by molar-refractivity contribution is -0.122. The van der Waals surface area contributed by atoms with Gasteiger partial charge in [0.05, 0.1) is 5.92 Å². The summed E-state index contributed by atoms with van der Waals surface area (Å²) in [7, 11) is 0. The van der Waals surface area contributed by atoms with Crippen molar-refractivity contribution in [3.05, 3.63) is 71.8 Å². The van der Waals surface area contributed by atoms with Crippen LogP contribution in [0.2, 0.25) is 0 Å². The molecule has 4 aromatic rings. The van der Waals surface area contributed by atoms with Crippen molar-refractivity contribution >= 4 is 45.1 Å². The van der Waals surface area contributed by atoms with Crippen LogP contribution >= 0.6 is 0 Å². The van der Waals surface area contributed by atoms with Crippen LogP contribution in [0.3, 0.4) is 0 Å². The minimum Gasteiger partial charge on any atom is -0.456 e. The average molecular weight is 398 g/mol. The Morgan fingerprint density at radius 1 is 1.00 bits per heavy atom. The van der Waals surface area contributed by atoms with Crippen LogP contribution in [0.1, 0.15) is 17.5 Å². The number of nitrogens with one attached hydrogen (secondary N) is 1. The Labute approximate surface area is 174 Å². The Morgan fingerprint density at radius 3 is 2.67 bits per heavy atom. The van der Waals surface area contributed by atoms with Crippen LogP contribution in [0.25, 0.3) is 21.9 Å². The molecule has 5 rings (SSSR count). The molecule has 1 fully saturated rings. The topological polar surface area (TPSA) is 62.6 Å². The fourth-order valence-corrected chi connectivity index (χ4v) is 4.17. The normalized spacial score (nSPS) is 16.5. The van der Waals surface area contributed by atoms with Crippen LogP contribution in [0.4, 0.5) is 11.4 Å². The van der Waals surface area contributed by atoms with Crippen molar-refractivity contribution in [1.82, 2.24) is 0 Å². The highest BCUT2D eigenvalue weighted by Crippen LogP contribution is 2.32. The van der Waals surface area contributed by atoms with Gasteiger partial charge >= 0.3 is 0 Å². The minimum absolute atomic E-state index is 0.0170. The van der Waals surface area contributed by atoms with E-state index in [1.807, 2.05) is 74.5 Å². The van der Waals surface area contributed by atoms with E-state index in [9.17, 15) is 9.59 Å². The van der Waals surface area contributed by atoms with Crippen LogP contribution < -0.4 is 10.2 Å². The number of amides is 2. The molecule has 5 nitrogen and oxygen atoms in total. The molecule has 30 heavy (non-hydrogen) atoms. The number of rotatable bonds is 3. The van der Waals surface area contributed by atoms with E-state index in [0.29, 0.717) is 12.2 Å². The van der Waals surface area contributed by atoms with E-state index in [1.54, 1.807) is 4.90 Å². The second-order valence-electron chi connectivity index (χ2n) is 7.99. The Kier molecular flexibility index (Phi) is 4.31. The molecule has 0 spiro atoms. The summed E-state index contributed by atoms with van der Waals surface area (Å²) in [5.74, 6) is -0.549. The maximum absolute atomic E-state index is 12.9. The zero-order valence-electron chi connectivity index (χ0n) is 16.9. The summed E-state index contributed by atoms with van der Waals surface area (Å²) < 4.78 is 5.90. The molecule has 0 radical (unpaired) electrons. The molecule has 1 saturated heterocycles. The lowest BCUT2D eigenvalue weighted by atomic mass is 10.1. The number of furan rings is 1. The van der Waals surface area contributed by atoms with Gasteiger partial charge in [0.2, 0.25) is 11.8 Å². The summed E-state index contributed by atoms with van der Waals surface area (Å²) >= 11 is 0. The van der Waals surface area contributed by atoms with Crippen molar-refractivity contribution in [2.24, 2.45) is 5.92 Å². The van der Waals surface area contributed by atoms with Crippen LogP contribution in [-0.4, -0.2) is 18.4 Å². The van der Waals surface area contributed by atoms with E-state index < -0.39 is 0 Å². The molecule has 2 heterocycles. The summed E-state index contributed by atoms with van der Waals surface area (Å²) in [6.07, 6.45) is 0.214. The number of aryl methyl sites for hydroxylation is 2. The van der Waals surface area contributed by atoms with Crippen molar-refractivity contribution in [3.63, 3.8) is 0 Å². The Morgan fingerprint density at radius 2 is 1.80 bits per heavy atom. The Bertz CT molecular complexity index is 1300. The summed E-state index contributed by atoms with van der Waals surface area (Å²) in [5, 5.41) is 5.03. The van der Waals surface area contributed by atoms with E-state index >= 15 is 0 Å². The van der Waals surface area contributed by atoms with Gasteiger partial charge in [-0.05, 0) is 49.2 Å². The number of anilines is 2. The van der Waals surface area contributed by atoms with Crippen LogP contribution in [0.5, 0.6) is 0 Å². The van der Waals surface area contributed by atoms with Crippen molar-refractivity contribution in [1.29, 1.82) is 0 Å². The quantitative estimate of drug-likeness (QED) is 0.516. The van der Waals surface area contributed by atoms with Gasteiger partial charge in [-0.25, -0.2) is 0 Å². The van der Waals surface area contributed by atoms with Gasteiger partial charge in [-0.15, -0.1) is 0 Å². The van der Waals surface area contributed by atoms with Gasteiger partial charge in [0.1, 0.15) is 11.2 Å². The van der Waals surface area contributed by atoms with Crippen molar-refractivity contribution in [2.45, 2.75) is 20.3 Å². The van der Waals surface area contributed by atoms with E-state index in [2.05, 4.69) is 5.32 Å². The van der Waals surface area contributed by atoms with E-state index in [0.717, 1.165) is 38.8 Å². The van der Waals surface area contributed by atoms with Gasteiger partial charge in [0, 0.05) is 41.2 Å². The lowest BCUT2D eigenvalue weighted by Crippen LogP contribution is -2.28. The Balaban J connectivity index is 1.36. The highest BCUT2D eigenvalue weighted by atomic mass is 16.3. The van der Waals surface area contributed by atoms with Gasteiger partial charge in [0.15, 0.2) is 0 Å². The molecule has 0 saturated carbocycles. The number of fused-ring (bicyclic) bond motifs is 3. The smallest absolute Gasteiger partial charge is 0.229 e. The molecule has 1 N–H and O–H groups in total. The molecular formula is C25H22N2O3. The largest absolute Gasteiger partial charge is 0.456 e. The van der Waals surface area contributed by atoms with Gasteiger partial charge in [0.25, 0.3) is 0 Å². The molecule has 3 aromatic carbocycles. The fourth-order valence-electron chi connectivity index (χ4n) is 4.17. The monoisotopic (exact) mass is 398 g/mol. The lowest BCUT2D eigenvalue weighted by Gasteiger charge is -2.19. The maximum atomic E-state index is 12.9. The first kappa shape index (κ1) is 18.4. The molecule has 2 amide bonds. The molecular weight excluding hydrogens is 376 g/mol. The third kappa shape index (κ3) is 3.12. The number of hydrogen-bond donors (Lipinski definition) is 1. The van der Waals surface area contributed by atoms with E-state index in [1.165, 1.54) is 0 Å². The van der Waals surface area contributed by atoms with E-state index in [-0.39, 0.29) is 24.2 Å². The van der Waals surface area contributed by atoms with E-state index in [4.69, 9.17) is 4.42 Å². The summed E-state index contributed by atoms with van der Waals surface area (Å²) in [5.41, 5.74) is 5.24. The first-order valence-corrected chi connectivity index (χ1v) is 10.1. The van der Waals surface area contributed by atoms with Gasteiger partial charge in [-0.3, -0.25) is 9.59 Å². The molecule has 0 bridgehead atoms. The number of nitrogens with zero attached hydrogens (tertiary/aromatic N) is 1. The molecule has 1 aliphatic heterocycles. The predicted octanol–water partition coefficient (Wildman–Crippen LogP) is 5.19. The summed E-state index contributed by atoms with van der Waals surface area (Å²) in [4.78, 5) is 27.2. The number of carbonyl (C=O) groups is 2. The zero-order chi connectivity index (χ0) is 20.8. The molecule has 1 unspecified atom stereocenters. The third-order valence-electron chi connectivity index (χ3n) is 5.80. The van der Waals surface area contributed by atoms with Crippen molar-refractivity contribution < 1.29 is 14.0 Å². The summed E-state index contributed by atoms with van der Waals surface area (Å²) in [6.45, 7) is 4.38. The second kappa shape index (κ2) is 7.02. The predicted molar refractivity (Wildman–Crippen MR) is 119 cm³/mol. The van der Waals surface area contributed by atoms with Crippen LogP contribution in [-0.2, 0) is 9.59 Å². The summed E-state index contributed by atoms with van der Waals surface area (Å²) in [6, 6.07) is 19.6. The maximum Gasteiger partial charge on any atom is 0.229 e. The molecule has 150 valence electrons. The van der Waals surface area contributed by atoms with Gasteiger partial charge < -0.3 is 14.6 Å². The minimum atomic E-state index is -0.385. The molecule has 5 heteroatoms. The van der Waals surface area contributed by atoms with Crippen molar-refractivity contribution in [2.75, 3.05) is 16.8 Å². The molecule has 0 aliphatic carbocycles. The van der Waals surface area contributed by atoms with Crippen molar-refractivity contribution in [3.8, 4) is 0 Å². The molecule has 1 aliphatic rings. The molecule has 1 atom stereocenters. The number of benzene rings is 3. The van der Waals surface area contributed by atoms with Gasteiger partial charge in [-0.1, -0.05) is 30.3 Å². The standard InChI is InChI=1S/C25H22N2O3/c1-15-7-8-16(2)21(11-15)27-14-17(12-24(27)28)25(29)26-18-9-10-20-19-5-3-4-6-22(19)30-23(20)13-18/h3-11,13,17H,12,14H2,1-2H3,(H,26,29). The first-order valence-electron chi connectivity index (χ1n) is 10.1. The molecule has 1 aromatic heterocycles. The van der Waals surface area contributed by atoms with Gasteiger partial charge in [-0.2, -0.15) is 0 Å².